The Hall–Kier alpha value is -0.990. The smallest absolute Gasteiger partial charge is 0.0666 e. The lowest BCUT2D eigenvalue weighted by Crippen LogP contribution is -1.99. The van der Waals surface area contributed by atoms with E-state index in [1.807, 2.05) is 25.1 Å². The second kappa shape index (κ2) is 4.69. The van der Waals surface area contributed by atoms with Crippen LogP contribution in [0.15, 0.2) is 35.0 Å². The van der Waals surface area contributed by atoms with Gasteiger partial charge in [-0.2, -0.15) is 11.3 Å². The van der Waals surface area contributed by atoms with E-state index < -0.39 is 0 Å². The number of thiophene rings is 1. The largest absolute Gasteiger partial charge is 0.380 e. The lowest BCUT2D eigenvalue weighted by Gasteiger charge is -2.08. The maximum absolute atomic E-state index is 6.17. The predicted molar refractivity (Wildman–Crippen MR) is 67.8 cm³/mol. The van der Waals surface area contributed by atoms with Gasteiger partial charge in [0.25, 0.3) is 0 Å². The lowest BCUT2D eigenvalue weighted by molar-refractivity contribution is 1.16. The van der Waals surface area contributed by atoms with Crippen LogP contribution in [0.5, 0.6) is 0 Å². The average Bonchev–Trinajstić information content (AvgIpc) is 2.73. The zero-order valence-electron chi connectivity index (χ0n) is 8.46. The van der Waals surface area contributed by atoms with Crippen molar-refractivity contribution < 1.29 is 0 Å². The zero-order chi connectivity index (χ0) is 10.7. The minimum atomic E-state index is 0.813. The Kier molecular flexibility index (Phi) is 3.29. The lowest BCUT2D eigenvalue weighted by atomic mass is 10.2. The molecule has 2 rings (SSSR count). The first-order valence-electron chi connectivity index (χ1n) is 4.77. The van der Waals surface area contributed by atoms with Gasteiger partial charge < -0.3 is 5.32 Å². The molecule has 1 nitrogen and oxygen atoms in total. The molecule has 15 heavy (non-hydrogen) atoms. The molecular formula is C12H12ClNS. The van der Waals surface area contributed by atoms with Crippen molar-refractivity contribution >= 4 is 28.6 Å². The molecule has 0 saturated heterocycles. The number of halogens is 1. The van der Waals surface area contributed by atoms with Gasteiger partial charge in [-0.15, -0.1) is 0 Å². The van der Waals surface area contributed by atoms with Gasteiger partial charge in [0.2, 0.25) is 0 Å². The van der Waals surface area contributed by atoms with Crippen LogP contribution >= 0.6 is 22.9 Å². The van der Waals surface area contributed by atoms with Crippen LogP contribution in [0.25, 0.3) is 0 Å². The summed E-state index contributed by atoms with van der Waals surface area (Å²) in [6.07, 6.45) is 0. The summed E-state index contributed by atoms with van der Waals surface area (Å²) in [5.41, 5.74) is 3.40. The van der Waals surface area contributed by atoms with E-state index in [0.29, 0.717) is 0 Å². The van der Waals surface area contributed by atoms with E-state index in [2.05, 4.69) is 22.1 Å². The first-order chi connectivity index (χ1) is 7.27. The Balaban J connectivity index is 2.08. The molecule has 78 valence electrons. The first-order valence-corrected chi connectivity index (χ1v) is 6.09. The topological polar surface area (TPSA) is 12.0 Å². The molecule has 1 aromatic carbocycles. The third kappa shape index (κ3) is 2.52. The van der Waals surface area contributed by atoms with Crippen LogP contribution in [-0.2, 0) is 6.54 Å². The second-order valence-corrected chi connectivity index (χ2v) is 4.58. The van der Waals surface area contributed by atoms with Crippen molar-refractivity contribution in [3.8, 4) is 0 Å². The SMILES string of the molecule is Cc1cccc(NCc2ccsc2)c1Cl. The van der Waals surface area contributed by atoms with Gasteiger partial charge in [0, 0.05) is 6.54 Å². The van der Waals surface area contributed by atoms with Crippen LogP contribution in [0, 0.1) is 6.92 Å². The Morgan fingerprint density at radius 2 is 2.20 bits per heavy atom. The van der Waals surface area contributed by atoms with Gasteiger partial charge in [0.1, 0.15) is 0 Å². The molecule has 0 aliphatic heterocycles. The van der Waals surface area contributed by atoms with Crippen LogP contribution in [0.4, 0.5) is 5.69 Å². The fourth-order valence-corrected chi connectivity index (χ4v) is 2.24. The molecule has 3 heteroatoms. The molecule has 0 aliphatic carbocycles. The van der Waals surface area contributed by atoms with E-state index in [1.165, 1.54) is 5.56 Å². The van der Waals surface area contributed by atoms with Gasteiger partial charge >= 0.3 is 0 Å². The van der Waals surface area contributed by atoms with Crippen LogP contribution in [0.3, 0.4) is 0 Å². The van der Waals surface area contributed by atoms with Crippen molar-refractivity contribution in [2.45, 2.75) is 13.5 Å². The van der Waals surface area contributed by atoms with Crippen LogP contribution in [0.2, 0.25) is 5.02 Å². The molecule has 1 N–H and O–H groups in total. The summed E-state index contributed by atoms with van der Waals surface area (Å²) in [4.78, 5) is 0. The van der Waals surface area contributed by atoms with Crippen LogP contribution in [-0.4, -0.2) is 0 Å². The van der Waals surface area contributed by atoms with E-state index in [9.17, 15) is 0 Å². The first kappa shape index (κ1) is 10.5. The van der Waals surface area contributed by atoms with E-state index in [4.69, 9.17) is 11.6 Å². The van der Waals surface area contributed by atoms with Crippen molar-refractivity contribution in [1.82, 2.24) is 0 Å². The van der Waals surface area contributed by atoms with Gasteiger partial charge in [-0.25, -0.2) is 0 Å². The minimum absolute atomic E-state index is 0.813. The number of hydrogen-bond donors (Lipinski definition) is 1. The van der Waals surface area contributed by atoms with E-state index >= 15 is 0 Å². The molecule has 1 heterocycles. The van der Waals surface area contributed by atoms with Crippen molar-refractivity contribution in [3.63, 3.8) is 0 Å². The number of aryl methyl sites for hydroxylation is 1. The summed E-state index contributed by atoms with van der Waals surface area (Å²) in [5, 5.41) is 8.36. The van der Waals surface area contributed by atoms with Crippen molar-refractivity contribution in [2.75, 3.05) is 5.32 Å². The highest BCUT2D eigenvalue weighted by atomic mass is 35.5. The number of benzene rings is 1. The Labute approximate surface area is 98.7 Å². The van der Waals surface area contributed by atoms with Crippen LogP contribution in [0.1, 0.15) is 11.1 Å². The molecule has 0 saturated carbocycles. The zero-order valence-corrected chi connectivity index (χ0v) is 10.0. The summed E-state index contributed by atoms with van der Waals surface area (Å²) >= 11 is 7.88. The van der Waals surface area contributed by atoms with Gasteiger partial charge in [-0.3, -0.25) is 0 Å². The van der Waals surface area contributed by atoms with Crippen LogP contribution < -0.4 is 5.32 Å². The Morgan fingerprint density at radius 3 is 2.93 bits per heavy atom. The molecule has 0 bridgehead atoms. The molecule has 0 spiro atoms. The van der Waals surface area contributed by atoms with E-state index in [1.54, 1.807) is 11.3 Å². The quantitative estimate of drug-likeness (QED) is 0.838. The van der Waals surface area contributed by atoms with Gasteiger partial charge in [-0.05, 0) is 40.9 Å². The fraction of sp³-hybridized carbons (Fsp3) is 0.167. The summed E-state index contributed by atoms with van der Waals surface area (Å²) in [6, 6.07) is 8.14. The summed E-state index contributed by atoms with van der Waals surface area (Å²) in [7, 11) is 0. The van der Waals surface area contributed by atoms with Crippen molar-refractivity contribution in [1.29, 1.82) is 0 Å². The molecule has 0 unspecified atom stereocenters. The van der Waals surface area contributed by atoms with Gasteiger partial charge in [0.15, 0.2) is 0 Å². The highest BCUT2D eigenvalue weighted by Gasteiger charge is 2.01. The number of hydrogen-bond acceptors (Lipinski definition) is 2. The number of rotatable bonds is 3. The standard InChI is InChI=1S/C12H12ClNS/c1-9-3-2-4-11(12(9)13)14-7-10-5-6-15-8-10/h2-6,8,14H,7H2,1H3. The van der Waals surface area contributed by atoms with Crippen molar-refractivity contribution in [3.05, 3.63) is 51.2 Å². The maximum Gasteiger partial charge on any atom is 0.0666 e. The third-order valence-corrected chi connectivity index (χ3v) is 3.49. The third-order valence-electron chi connectivity index (χ3n) is 2.25. The molecule has 0 fully saturated rings. The Morgan fingerprint density at radius 1 is 1.33 bits per heavy atom. The minimum Gasteiger partial charge on any atom is -0.380 e. The molecule has 1 aromatic heterocycles. The summed E-state index contributed by atoms with van der Waals surface area (Å²) < 4.78 is 0. The highest BCUT2D eigenvalue weighted by molar-refractivity contribution is 7.07. The molecule has 2 aromatic rings. The molecule has 0 amide bonds. The highest BCUT2D eigenvalue weighted by Crippen LogP contribution is 2.25. The average molecular weight is 238 g/mol. The number of anilines is 1. The summed E-state index contributed by atoms with van der Waals surface area (Å²) in [5.74, 6) is 0. The monoisotopic (exact) mass is 237 g/mol. The molecule has 0 atom stereocenters. The second-order valence-electron chi connectivity index (χ2n) is 3.42. The normalized spacial score (nSPS) is 10.3. The molecule has 0 aliphatic rings. The maximum atomic E-state index is 6.17. The van der Waals surface area contributed by atoms with Gasteiger partial charge in [0.05, 0.1) is 10.7 Å². The fourth-order valence-electron chi connectivity index (χ4n) is 1.37. The molecular weight excluding hydrogens is 226 g/mol. The van der Waals surface area contributed by atoms with Crippen molar-refractivity contribution in [2.24, 2.45) is 0 Å². The Bertz CT molecular complexity index is 437. The van der Waals surface area contributed by atoms with Gasteiger partial charge in [-0.1, -0.05) is 23.7 Å². The van der Waals surface area contributed by atoms with E-state index in [0.717, 1.165) is 22.8 Å². The summed E-state index contributed by atoms with van der Waals surface area (Å²) in [6.45, 7) is 2.84. The number of nitrogens with one attached hydrogen (secondary N) is 1. The molecule has 0 radical (unpaired) electrons. The van der Waals surface area contributed by atoms with E-state index in [-0.39, 0.29) is 0 Å². The predicted octanol–water partition coefficient (Wildman–Crippen LogP) is 4.32.